The van der Waals surface area contributed by atoms with Crippen LogP contribution >= 0.6 is 12.2 Å². The minimum atomic E-state index is 0.419. The molecule has 0 spiro atoms. The summed E-state index contributed by atoms with van der Waals surface area (Å²) in [4.78, 5) is 2.45. The first-order valence-corrected chi connectivity index (χ1v) is 9.88. The van der Waals surface area contributed by atoms with E-state index in [1.807, 2.05) is 0 Å². The second kappa shape index (κ2) is 6.67. The Balaban J connectivity index is 1.63. The van der Waals surface area contributed by atoms with Gasteiger partial charge in [-0.25, -0.2) is 0 Å². The molecule has 24 heavy (non-hydrogen) atoms. The number of thiocarbonyl (C=S) groups is 1. The number of benzene rings is 1. The van der Waals surface area contributed by atoms with Crippen molar-refractivity contribution in [1.82, 2.24) is 4.90 Å². The molecule has 1 aliphatic heterocycles. The van der Waals surface area contributed by atoms with Crippen LogP contribution in [0.2, 0.25) is 0 Å². The number of hydrogen-bond acceptors (Lipinski definition) is 1. The van der Waals surface area contributed by atoms with E-state index in [2.05, 4.69) is 62.2 Å². The smallest absolute Gasteiger partial charge is 0.173 e. The highest BCUT2D eigenvalue weighted by Crippen LogP contribution is 2.52. The number of hydrogen-bond donors (Lipinski definition) is 1. The van der Waals surface area contributed by atoms with Gasteiger partial charge in [-0.15, -0.1) is 0 Å². The van der Waals surface area contributed by atoms with E-state index in [4.69, 9.17) is 12.2 Å². The first-order valence-electron chi connectivity index (χ1n) is 9.47. The SMILES string of the molecule is CCCCc1ccc(NC(=S)N2C[C@@]3(C)C[C@@H]2CC(C)(C)C3)cc1. The molecule has 3 heteroatoms. The van der Waals surface area contributed by atoms with Gasteiger partial charge in [-0.1, -0.05) is 46.2 Å². The van der Waals surface area contributed by atoms with Gasteiger partial charge < -0.3 is 10.2 Å². The van der Waals surface area contributed by atoms with Gasteiger partial charge in [-0.05, 0) is 72.8 Å². The molecule has 2 fully saturated rings. The predicted octanol–water partition coefficient (Wildman–Crippen LogP) is 5.63. The molecular weight excluding hydrogens is 312 g/mol. The van der Waals surface area contributed by atoms with Crippen molar-refractivity contribution in [3.05, 3.63) is 29.8 Å². The van der Waals surface area contributed by atoms with E-state index in [0.29, 0.717) is 16.9 Å². The van der Waals surface area contributed by atoms with Gasteiger partial charge in [0.25, 0.3) is 0 Å². The minimum absolute atomic E-state index is 0.419. The van der Waals surface area contributed by atoms with Crippen molar-refractivity contribution >= 4 is 23.0 Å². The van der Waals surface area contributed by atoms with E-state index in [0.717, 1.165) is 17.3 Å². The Labute approximate surface area is 153 Å². The number of likely N-dealkylation sites (tertiary alicyclic amines) is 1. The van der Waals surface area contributed by atoms with Gasteiger partial charge in [-0.3, -0.25) is 0 Å². The molecule has 1 aromatic carbocycles. The van der Waals surface area contributed by atoms with Gasteiger partial charge >= 0.3 is 0 Å². The molecule has 0 unspecified atom stereocenters. The molecule has 2 nitrogen and oxygen atoms in total. The molecule has 2 atom stereocenters. The maximum Gasteiger partial charge on any atom is 0.173 e. The fourth-order valence-corrected chi connectivity index (χ4v) is 5.36. The van der Waals surface area contributed by atoms with Gasteiger partial charge in [0.05, 0.1) is 0 Å². The lowest BCUT2D eigenvalue weighted by Gasteiger charge is -2.39. The van der Waals surface area contributed by atoms with Crippen LogP contribution in [-0.2, 0) is 6.42 Å². The van der Waals surface area contributed by atoms with Crippen molar-refractivity contribution in [3.8, 4) is 0 Å². The number of anilines is 1. The summed E-state index contributed by atoms with van der Waals surface area (Å²) in [5.41, 5.74) is 3.39. The highest BCUT2D eigenvalue weighted by Gasteiger charge is 2.50. The molecule has 2 bridgehead atoms. The van der Waals surface area contributed by atoms with Crippen molar-refractivity contribution in [3.63, 3.8) is 0 Å². The number of aryl methyl sites for hydroxylation is 1. The average molecular weight is 345 g/mol. The van der Waals surface area contributed by atoms with Gasteiger partial charge in [-0.2, -0.15) is 0 Å². The van der Waals surface area contributed by atoms with E-state index in [-0.39, 0.29) is 0 Å². The molecule has 2 aliphatic rings. The van der Waals surface area contributed by atoms with Crippen LogP contribution in [0, 0.1) is 10.8 Å². The van der Waals surface area contributed by atoms with Crippen LogP contribution in [0.25, 0.3) is 0 Å². The van der Waals surface area contributed by atoms with Crippen LogP contribution in [0.15, 0.2) is 24.3 Å². The summed E-state index contributed by atoms with van der Waals surface area (Å²) < 4.78 is 0. The van der Waals surface area contributed by atoms with Gasteiger partial charge in [0.15, 0.2) is 5.11 Å². The standard InChI is InChI=1S/C21H32N2S/c1-5-6-7-16-8-10-17(11-9-16)22-19(24)23-15-21(4)13-18(23)12-20(2,3)14-21/h8-11,18H,5-7,12-15H2,1-4H3,(H,22,24)/t18-,21-/m0/s1. The van der Waals surface area contributed by atoms with Gasteiger partial charge in [0.2, 0.25) is 0 Å². The van der Waals surface area contributed by atoms with Crippen LogP contribution in [0.5, 0.6) is 0 Å². The Kier molecular flexibility index (Phi) is 4.92. The molecule has 1 saturated heterocycles. The zero-order chi connectivity index (χ0) is 17.4. The average Bonchev–Trinajstić information content (AvgIpc) is 2.75. The first-order chi connectivity index (χ1) is 11.3. The third-order valence-corrected chi connectivity index (χ3v) is 6.04. The number of nitrogens with one attached hydrogen (secondary N) is 1. The first kappa shape index (κ1) is 17.7. The largest absolute Gasteiger partial charge is 0.345 e. The fraction of sp³-hybridized carbons (Fsp3) is 0.667. The van der Waals surface area contributed by atoms with Crippen molar-refractivity contribution in [2.45, 2.75) is 72.3 Å². The maximum absolute atomic E-state index is 5.76. The fourth-order valence-electron chi connectivity index (χ4n) is 5.03. The van der Waals surface area contributed by atoms with E-state index < -0.39 is 0 Å². The Morgan fingerprint density at radius 1 is 1.21 bits per heavy atom. The third-order valence-electron chi connectivity index (χ3n) is 5.70. The molecule has 1 aromatic rings. The summed E-state index contributed by atoms with van der Waals surface area (Å²) in [6, 6.07) is 9.40. The molecule has 3 rings (SSSR count). The minimum Gasteiger partial charge on any atom is -0.345 e. The summed E-state index contributed by atoms with van der Waals surface area (Å²) in [6.45, 7) is 10.6. The number of rotatable bonds is 4. The van der Waals surface area contributed by atoms with Crippen LogP contribution in [0.4, 0.5) is 5.69 Å². The van der Waals surface area contributed by atoms with Crippen molar-refractivity contribution in [2.24, 2.45) is 10.8 Å². The quantitative estimate of drug-likeness (QED) is 0.713. The zero-order valence-electron chi connectivity index (χ0n) is 15.7. The van der Waals surface area contributed by atoms with Crippen molar-refractivity contribution in [2.75, 3.05) is 11.9 Å². The molecule has 1 N–H and O–H groups in total. The van der Waals surface area contributed by atoms with Crippen LogP contribution in [0.3, 0.4) is 0 Å². The molecule has 0 aromatic heterocycles. The lowest BCUT2D eigenvalue weighted by atomic mass is 9.65. The lowest BCUT2D eigenvalue weighted by molar-refractivity contribution is 0.132. The molecule has 1 saturated carbocycles. The van der Waals surface area contributed by atoms with Crippen LogP contribution in [0.1, 0.15) is 65.4 Å². The van der Waals surface area contributed by atoms with E-state index in [1.165, 1.54) is 44.1 Å². The Hall–Kier alpha value is -1.09. The number of fused-ring (bicyclic) bond motifs is 2. The summed E-state index contributed by atoms with van der Waals surface area (Å²) >= 11 is 5.76. The second-order valence-electron chi connectivity index (χ2n) is 9.07. The summed E-state index contributed by atoms with van der Waals surface area (Å²) in [6.07, 6.45) is 7.52. The van der Waals surface area contributed by atoms with Gasteiger partial charge in [0.1, 0.15) is 0 Å². The Morgan fingerprint density at radius 3 is 2.58 bits per heavy atom. The topological polar surface area (TPSA) is 15.3 Å². The lowest BCUT2D eigenvalue weighted by Crippen LogP contribution is -2.39. The van der Waals surface area contributed by atoms with Crippen LogP contribution < -0.4 is 5.32 Å². The summed E-state index contributed by atoms with van der Waals surface area (Å²) in [5.74, 6) is 0. The maximum atomic E-state index is 5.76. The molecule has 1 heterocycles. The summed E-state index contributed by atoms with van der Waals surface area (Å²) in [5, 5.41) is 4.39. The van der Waals surface area contributed by atoms with Crippen molar-refractivity contribution in [1.29, 1.82) is 0 Å². The Morgan fingerprint density at radius 2 is 1.92 bits per heavy atom. The van der Waals surface area contributed by atoms with E-state index in [1.54, 1.807) is 0 Å². The summed E-state index contributed by atoms with van der Waals surface area (Å²) in [7, 11) is 0. The molecule has 0 radical (unpaired) electrons. The normalized spacial score (nSPS) is 28.0. The second-order valence-corrected chi connectivity index (χ2v) is 9.46. The number of unbranched alkanes of at least 4 members (excludes halogenated alkanes) is 1. The van der Waals surface area contributed by atoms with E-state index in [9.17, 15) is 0 Å². The molecular formula is C21H32N2S. The van der Waals surface area contributed by atoms with E-state index >= 15 is 0 Å². The molecule has 0 amide bonds. The highest BCUT2D eigenvalue weighted by atomic mass is 32.1. The van der Waals surface area contributed by atoms with Crippen LogP contribution in [-0.4, -0.2) is 22.6 Å². The zero-order valence-corrected chi connectivity index (χ0v) is 16.5. The highest BCUT2D eigenvalue weighted by molar-refractivity contribution is 7.80. The molecule has 132 valence electrons. The third kappa shape index (κ3) is 3.93. The Bertz CT molecular complexity index is 592. The monoisotopic (exact) mass is 344 g/mol. The molecule has 1 aliphatic carbocycles. The predicted molar refractivity (Wildman–Crippen MR) is 108 cm³/mol. The number of nitrogens with zero attached hydrogens (tertiary/aromatic N) is 1. The van der Waals surface area contributed by atoms with Crippen molar-refractivity contribution < 1.29 is 0 Å². The van der Waals surface area contributed by atoms with Gasteiger partial charge in [0, 0.05) is 18.3 Å².